The monoisotopic (exact) mass is 418 g/mol. The minimum Gasteiger partial charge on any atom is -0.459 e. The van der Waals surface area contributed by atoms with E-state index in [1.54, 1.807) is 12.1 Å². The lowest BCUT2D eigenvalue weighted by Crippen LogP contribution is -2.17. The normalized spacial score (nSPS) is 10.7. The maximum Gasteiger partial charge on any atom is 0.316 e. The number of nitrogens with one attached hydrogen (secondary N) is 1. The number of carbonyl (C=O) groups excluding carboxylic acids is 2. The first-order chi connectivity index (χ1) is 14.6. The molecule has 0 spiro atoms. The predicted octanol–water partition coefficient (Wildman–Crippen LogP) is 4.27. The molecule has 0 atom stereocenters. The van der Waals surface area contributed by atoms with E-state index in [1.165, 1.54) is 10.9 Å². The summed E-state index contributed by atoms with van der Waals surface area (Å²) in [7, 11) is 0. The number of nitrogens with zero attached hydrogens (tertiary/aromatic N) is 3. The second-order valence-electron chi connectivity index (χ2n) is 6.48. The topological polar surface area (TPSA) is 90.0 Å². The van der Waals surface area contributed by atoms with E-state index in [9.17, 15) is 9.59 Å². The van der Waals surface area contributed by atoms with Crippen LogP contribution in [0.15, 0.2) is 82.6 Å². The van der Waals surface area contributed by atoms with Gasteiger partial charge in [-0.3, -0.25) is 9.59 Å². The van der Waals surface area contributed by atoms with Gasteiger partial charge in [-0.1, -0.05) is 59.8 Å². The average Bonchev–Trinajstić information content (AvgIpc) is 3.44. The summed E-state index contributed by atoms with van der Waals surface area (Å²) in [4.78, 5) is 29.6. The lowest BCUT2D eigenvalue weighted by molar-refractivity contribution is -0.113. The van der Waals surface area contributed by atoms with Crippen molar-refractivity contribution in [2.75, 3.05) is 11.1 Å². The van der Waals surface area contributed by atoms with Gasteiger partial charge >= 0.3 is 5.91 Å². The fourth-order valence-electron chi connectivity index (χ4n) is 2.70. The van der Waals surface area contributed by atoms with Gasteiger partial charge in [-0.2, -0.15) is 4.68 Å². The highest BCUT2D eigenvalue weighted by molar-refractivity contribution is 7.99. The highest BCUT2D eigenvalue weighted by Gasteiger charge is 2.21. The second kappa shape index (κ2) is 8.79. The molecule has 0 aliphatic heterocycles. The maximum atomic E-state index is 12.8. The summed E-state index contributed by atoms with van der Waals surface area (Å²) < 4.78 is 6.38. The second-order valence-corrected chi connectivity index (χ2v) is 7.42. The number of thioether (sulfide) groups is 1. The van der Waals surface area contributed by atoms with E-state index >= 15 is 0 Å². The Balaban J connectivity index is 1.54. The molecule has 7 nitrogen and oxygen atoms in total. The molecule has 1 amide bonds. The molecule has 2 heterocycles. The lowest BCUT2D eigenvalue weighted by atomic mass is 10.2. The Morgan fingerprint density at radius 1 is 1.03 bits per heavy atom. The first-order valence-electron chi connectivity index (χ1n) is 9.20. The predicted molar refractivity (Wildman–Crippen MR) is 114 cm³/mol. The molecular formula is C22H18N4O3S. The van der Waals surface area contributed by atoms with E-state index in [1.807, 2.05) is 61.5 Å². The smallest absolute Gasteiger partial charge is 0.316 e. The van der Waals surface area contributed by atoms with Crippen LogP contribution < -0.4 is 5.32 Å². The van der Waals surface area contributed by atoms with Crippen molar-refractivity contribution in [3.63, 3.8) is 0 Å². The Kier molecular flexibility index (Phi) is 5.76. The van der Waals surface area contributed by atoms with Gasteiger partial charge in [-0.25, -0.2) is 4.98 Å². The summed E-state index contributed by atoms with van der Waals surface area (Å²) in [5, 5.41) is 7.50. The number of hydrogen-bond donors (Lipinski definition) is 1. The minimum atomic E-state index is -0.448. The Morgan fingerprint density at radius 3 is 2.50 bits per heavy atom. The van der Waals surface area contributed by atoms with Crippen molar-refractivity contribution < 1.29 is 14.0 Å². The van der Waals surface area contributed by atoms with Gasteiger partial charge < -0.3 is 9.73 Å². The quantitative estimate of drug-likeness (QED) is 0.471. The molecule has 30 heavy (non-hydrogen) atoms. The first kappa shape index (κ1) is 19.7. The summed E-state index contributed by atoms with van der Waals surface area (Å²) in [5.41, 5.74) is 2.60. The summed E-state index contributed by atoms with van der Waals surface area (Å²) >= 11 is 1.13. The molecule has 2 aromatic heterocycles. The summed E-state index contributed by atoms with van der Waals surface area (Å²) in [6.45, 7) is 1.98. The van der Waals surface area contributed by atoms with Gasteiger partial charge in [0, 0.05) is 11.3 Å². The molecule has 4 aromatic rings. The van der Waals surface area contributed by atoms with Gasteiger partial charge in [0.25, 0.3) is 0 Å². The molecule has 2 aromatic carbocycles. The molecule has 150 valence electrons. The fourth-order valence-corrected chi connectivity index (χ4v) is 3.43. The number of carbonyl (C=O) groups is 2. The number of anilines is 1. The minimum absolute atomic E-state index is 0.0756. The molecule has 0 unspecified atom stereocenters. The van der Waals surface area contributed by atoms with Crippen LogP contribution in [0.2, 0.25) is 0 Å². The van der Waals surface area contributed by atoms with E-state index < -0.39 is 5.91 Å². The van der Waals surface area contributed by atoms with Gasteiger partial charge in [-0.05, 0) is 31.2 Å². The molecule has 0 radical (unpaired) electrons. The zero-order valence-corrected chi connectivity index (χ0v) is 16.9. The molecule has 1 N–H and O–H groups in total. The Labute approximate surface area is 177 Å². The molecule has 0 bridgehead atoms. The van der Waals surface area contributed by atoms with E-state index in [2.05, 4.69) is 15.4 Å². The van der Waals surface area contributed by atoms with Gasteiger partial charge in [-0.15, -0.1) is 5.10 Å². The average molecular weight is 418 g/mol. The van der Waals surface area contributed by atoms with Crippen molar-refractivity contribution in [3.8, 4) is 11.4 Å². The summed E-state index contributed by atoms with van der Waals surface area (Å²) in [5.74, 6) is -0.0321. The molecule has 0 fully saturated rings. The number of furan rings is 1. The first-order valence-corrected chi connectivity index (χ1v) is 10.2. The third-order valence-corrected chi connectivity index (χ3v) is 5.13. The Bertz CT molecular complexity index is 1150. The molecule has 0 aliphatic carbocycles. The standard InChI is InChI=1S/C22H18N4O3S/c1-15-9-11-17(12-10-15)23-19(27)14-30-22-24-20(16-6-3-2-4-7-16)25-26(22)21(28)18-8-5-13-29-18/h2-13H,14H2,1H3,(H,23,27). The third kappa shape index (κ3) is 4.49. The Hall–Kier alpha value is -3.65. The van der Waals surface area contributed by atoms with Crippen molar-refractivity contribution >= 4 is 29.3 Å². The van der Waals surface area contributed by atoms with Crippen LogP contribution in [-0.2, 0) is 4.79 Å². The van der Waals surface area contributed by atoms with Gasteiger partial charge in [0.05, 0.1) is 12.0 Å². The largest absolute Gasteiger partial charge is 0.459 e. The molecule has 0 saturated heterocycles. The third-order valence-electron chi connectivity index (χ3n) is 4.20. The van der Waals surface area contributed by atoms with E-state index in [4.69, 9.17) is 4.42 Å². The molecule has 8 heteroatoms. The van der Waals surface area contributed by atoms with E-state index in [0.717, 1.165) is 22.9 Å². The van der Waals surface area contributed by atoms with Crippen LogP contribution >= 0.6 is 11.8 Å². The van der Waals surface area contributed by atoms with Crippen LogP contribution in [0, 0.1) is 6.92 Å². The van der Waals surface area contributed by atoms with Crippen molar-refractivity contribution in [2.45, 2.75) is 12.1 Å². The van der Waals surface area contributed by atoms with E-state index in [-0.39, 0.29) is 17.4 Å². The molecular weight excluding hydrogens is 400 g/mol. The van der Waals surface area contributed by atoms with Crippen molar-refractivity contribution in [2.24, 2.45) is 0 Å². The number of hydrogen-bond acceptors (Lipinski definition) is 6. The maximum absolute atomic E-state index is 12.8. The van der Waals surface area contributed by atoms with Crippen LogP contribution in [-0.4, -0.2) is 32.3 Å². The number of amides is 1. The summed E-state index contributed by atoms with van der Waals surface area (Å²) in [6.07, 6.45) is 1.42. The van der Waals surface area contributed by atoms with Crippen LogP contribution in [0.4, 0.5) is 5.69 Å². The summed E-state index contributed by atoms with van der Waals surface area (Å²) in [6, 6.07) is 20.1. The highest BCUT2D eigenvalue weighted by atomic mass is 32.2. The zero-order chi connectivity index (χ0) is 20.9. The van der Waals surface area contributed by atoms with Crippen LogP contribution in [0.25, 0.3) is 11.4 Å². The molecule has 0 aliphatic rings. The number of aryl methyl sites for hydroxylation is 1. The Morgan fingerprint density at radius 2 is 1.80 bits per heavy atom. The van der Waals surface area contributed by atoms with Gasteiger partial charge in [0.2, 0.25) is 5.91 Å². The van der Waals surface area contributed by atoms with Crippen molar-refractivity contribution in [1.29, 1.82) is 0 Å². The number of aromatic nitrogens is 3. The molecule has 0 saturated carbocycles. The van der Waals surface area contributed by atoms with Gasteiger partial charge in [0.15, 0.2) is 16.7 Å². The van der Waals surface area contributed by atoms with Crippen LogP contribution in [0.1, 0.15) is 16.1 Å². The van der Waals surface area contributed by atoms with Crippen LogP contribution in [0.3, 0.4) is 0 Å². The SMILES string of the molecule is Cc1ccc(NC(=O)CSc2nc(-c3ccccc3)nn2C(=O)c2ccco2)cc1. The van der Waals surface area contributed by atoms with Crippen molar-refractivity contribution in [3.05, 3.63) is 84.3 Å². The number of rotatable bonds is 6. The zero-order valence-electron chi connectivity index (χ0n) is 16.1. The lowest BCUT2D eigenvalue weighted by Gasteiger charge is -2.05. The van der Waals surface area contributed by atoms with Crippen LogP contribution in [0.5, 0.6) is 0 Å². The fraction of sp³-hybridized carbons (Fsp3) is 0.0909. The number of benzene rings is 2. The van der Waals surface area contributed by atoms with Crippen molar-refractivity contribution in [1.82, 2.24) is 14.8 Å². The molecule has 4 rings (SSSR count). The highest BCUT2D eigenvalue weighted by Crippen LogP contribution is 2.23. The van der Waals surface area contributed by atoms with Gasteiger partial charge in [0.1, 0.15) is 0 Å². The van der Waals surface area contributed by atoms with E-state index in [0.29, 0.717) is 16.7 Å².